The summed E-state index contributed by atoms with van der Waals surface area (Å²) in [7, 11) is 1.18. The van der Waals surface area contributed by atoms with Crippen LogP contribution in [0.4, 0.5) is 17.6 Å². The van der Waals surface area contributed by atoms with Gasteiger partial charge in [0, 0.05) is 5.92 Å². The molecule has 0 aromatic heterocycles. The molecule has 24 heavy (non-hydrogen) atoms. The minimum Gasteiger partial charge on any atom is -0.465 e. The Balaban J connectivity index is 2.14. The number of methoxy groups -OCH3 is 1. The molecule has 2 nitrogen and oxygen atoms in total. The second-order valence-corrected chi connectivity index (χ2v) is 5.73. The molecule has 1 atom stereocenters. The smallest absolute Gasteiger partial charge is 0.416 e. The topological polar surface area (TPSA) is 26.3 Å². The number of benzene rings is 2. The quantitative estimate of drug-likeness (QED) is 0.586. The molecule has 126 valence electrons. The standard InChI is InChI=1S/C18H14F4O2/c1-24-17(23)15-6-3-11(18(20,21)22)9-16(15)14-5-2-10-8-12(19)4-7-13(10)14/h3-4,6-9,14H,2,5H2,1H3. The number of fused-ring (bicyclic) bond motifs is 1. The summed E-state index contributed by atoms with van der Waals surface area (Å²) in [6, 6.07) is 7.25. The van der Waals surface area contributed by atoms with Gasteiger partial charge in [0.25, 0.3) is 0 Å². The molecular formula is C18H14F4O2. The van der Waals surface area contributed by atoms with Crippen molar-refractivity contribution in [1.82, 2.24) is 0 Å². The number of halogens is 4. The lowest BCUT2D eigenvalue weighted by molar-refractivity contribution is -0.137. The Morgan fingerprint density at radius 2 is 1.88 bits per heavy atom. The van der Waals surface area contributed by atoms with Gasteiger partial charge in [-0.05, 0) is 59.9 Å². The van der Waals surface area contributed by atoms with Crippen molar-refractivity contribution in [3.63, 3.8) is 0 Å². The lowest BCUT2D eigenvalue weighted by atomic mass is 9.88. The summed E-state index contributed by atoms with van der Waals surface area (Å²) in [5.41, 5.74) is 1.06. The van der Waals surface area contributed by atoms with Crippen molar-refractivity contribution < 1.29 is 27.1 Å². The Bertz CT molecular complexity index is 796. The van der Waals surface area contributed by atoms with Crippen LogP contribution in [0.2, 0.25) is 0 Å². The largest absolute Gasteiger partial charge is 0.465 e. The molecule has 0 spiro atoms. The molecule has 1 unspecified atom stereocenters. The van der Waals surface area contributed by atoms with Gasteiger partial charge in [0.15, 0.2) is 0 Å². The molecule has 0 saturated carbocycles. The van der Waals surface area contributed by atoms with E-state index in [9.17, 15) is 22.4 Å². The van der Waals surface area contributed by atoms with Crippen LogP contribution in [0.25, 0.3) is 0 Å². The highest BCUT2D eigenvalue weighted by molar-refractivity contribution is 5.91. The van der Waals surface area contributed by atoms with Gasteiger partial charge in [-0.25, -0.2) is 9.18 Å². The van der Waals surface area contributed by atoms with Crippen LogP contribution in [-0.4, -0.2) is 13.1 Å². The molecule has 2 aromatic rings. The molecule has 2 aromatic carbocycles. The minimum atomic E-state index is -4.51. The Labute approximate surface area is 136 Å². The number of rotatable bonds is 2. The monoisotopic (exact) mass is 338 g/mol. The summed E-state index contributed by atoms with van der Waals surface area (Å²) in [5.74, 6) is -1.46. The maximum absolute atomic E-state index is 13.4. The van der Waals surface area contributed by atoms with Crippen LogP contribution < -0.4 is 0 Å². The second-order valence-electron chi connectivity index (χ2n) is 5.73. The van der Waals surface area contributed by atoms with Crippen LogP contribution in [0.15, 0.2) is 36.4 Å². The SMILES string of the molecule is COC(=O)c1ccc(C(F)(F)F)cc1C1CCc2cc(F)ccc21. The van der Waals surface area contributed by atoms with Gasteiger partial charge in [-0.2, -0.15) is 13.2 Å². The number of aryl methyl sites for hydroxylation is 1. The summed E-state index contributed by atoms with van der Waals surface area (Å²) in [4.78, 5) is 12.0. The van der Waals surface area contributed by atoms with Crippen molar-refractivity contribution in [2.75, 3.05) is 7.11 Å². The van der Waals surface area contributed by atoms with Crippen LogP contribution >= 0.6 is 0 Å². The van der Waals surface area contributed by atoms with Crippen molar-refractivity contribution in [2.45, 2.75) is 24.9 Å². The lowest BCUT2D eigenvalue weighted by Crippen LogP contribution is -2.13. The maximum atomic E-state index is 13.4. The highest BCUT2D eigenvalue weighted by Crippen LogP contribution is 2.42. The van der Waals surface area contributed by atoms with Crippen LogP contribution in [0, 0.1) is 5.82 Å². The number of carbonyl (C=O) groups excluding carboxylic acids is 1. The number of hydrogen-bond donors (Lipinski definition) is 0. The van der Waals surface area contributed by atoms with Gasteiger partial charge in [-0.15, -0.1) is 0 Å². The zero-order chi connectivity index (χ0) is 17.5. The Morgan fingerprint density at radius 1 is 1.12 bits per heavy atom. The number of esters is 1. The molecule has 0 fully saturated rings. The fourth-order valence-electron chi connectivity index (χ4n) is 3.23. The summed E-state index contributed by atoms with van der Waals surface area (Å²) in [5, 5.41) is 0. The van der Waals surface area contributed by atoms with Gasteiger partial charge in [0.2, 0.25) is 0 Å². The molecule has 3 rings (SSSR count). The third-order valence-corrected chi connectivity index (χ3v) is 4.34. The van der Waals surface area contributed by atoms with Gasteiger partial charge in [0.1, 0.15) is 5.82 Å². The van der Waals surface area contributed by atoms with E-state index < -0.39 is 23.6 Å². The van der Waals surface area contributed by atoms with E-state index in [2.05, 4.69) is 4.74 Å². The number of ether oxygens (including phenoxy) is 1. The average molecular weight is 338 g/mol. The van der Waals surface area contributed by atoms with Crippen molar-refractivity contribution in [2.24, 2.45) is 0 Å². The zero-order valence-electron chi connectivity index (χ0n) is 12.8. The third kappa shape index (κ3) is 2.88. The second kappa shape index (κ2) is 5.92. The van der Waals surface area contributed by atoms with Crippen molar-refractivity contribution in [3.05, 3.63) is 70.0 Å². The van der Waals surface area contributed by atoms with Gasteiger partial charge in [0.05, 0.1) is 18.2 Å². The normalized spacial score (nSPS) is 16.8. The Kier molecular flexibility index (Phi) is 4.07. The first-order chi connectivity index (χ1) is 11.3. The van der Waals surface area contributed by atoms with Crippen LogP contribution in [0.1, 0.15) is 45.0 Å². The van der Waals surface area contributed by atoms with Crippen molar-refractivity contribution in [1.29, 1.82) is 0 Å². The molecule has 0 N–H and O–H groups in total. The predicted octanol–water partition coefficient (Wildman–Crippen LogP) is 4.71. The van der Waals surface area contributed by atoms with Crippen molar-refractivity contribution in [3.8, 4) is 0 Å². The Hall–Kier alpha value is -2.37. The molecule has 0 bridgehead atoms. The fourth-order valence-corrected chi connectivity index (χ4v) is 3.23. The van der Waals surface area contributed by atoms with Gasteiger partial charge in [-0.3, -0.25) is 0 Å². The van der Waals surface area contributed by atoms with Crippen LogP contribution in [-0.2, 0) is 17.3 Å². The molecule has 0 aliphatic heterocycles. The van der Waals surface area contributed by atoms with E-state index in [1.165, 1.54) is 19.2 Å². The lowest BCUT2D eigenvalue weighted by Gasteiger charge is -2.18. The van der Waals surface area contributed by atoms with E-state index in [4.69, 9.17) is 0 Å². The van der Waals surface area contributed by atoms with Gasteiger partial charge >= 0.3 is 12.1 Å². The maximum Gasteiger partial charge on any atom is 0.416 e. The minimum absolute atomic E-state index is 0.104. The fraction of sp³-hybridized carbons (Fsp3) is 0.278. The zero-order valence-corrected chi connectivity index (χ0v) is 12.8. The Morgan fingerprint density at radius 3 is 2.54 bits per heavy atom. The highest BCUT2D eigenvalue weighted by Gasteiger charge is 2.34. The molecule has 1 aliphatic rings. The van der Waals surface area contributed by atoms with E-state index in [0.29, 0.717) is 12.8 Å². The van der Waals surface area contributed by atoms with E-state index in [1.807, 2.05) is 0 Å². The number of hydrogen-bond acceptors (Lipinski definition) is 2. The van der Waals surface area contributed by atoms with E-state index in [-0.39, 0.29) is 16.9 Å². The first-order valence-corrected chi connectivity index (χ1v) is 7.39. The molecule has 6 heteroatoms. The van der Waals surface area contributed by atoms with E-state index in [0.717, 1.165) is 29.3 Å². The summed E-state index contributed by atoms with van der Waals surface area (Å²) in [6.45, 7) is 0. The number of carbonyl (C=O) groups is 1. The van der Waals surface area contributed by atoms with Crippen LogP contribution in [0.5, 0.6) is 0 Å². The first kappa shape index (κ1) is 16.5. The highest BCUT2D eigenvalue weighted by atomic mass is 19.4. The van der Waals surface area contributed by atoms with Gasteiger partial charge < -0.3 is 4.74 Å². The summed E-state index contributed by atoms with van der Waals surface area (Å²) < 4.78 is 57.2. The van der Waals surface area contributed by atoms with E-state index in [1.54, 1.807) is 6.07 Å². The molecule has 0 saturated heterocycles. The van der Waals surface area contributed by atoms with Gasteiger partial charge in [-0.1, -0.05) is 6.07 Å². The third-order valence-electron chi connectivity index (χ3n) is 4.34. The first-order valence-electron chi connectivity index (χ1n) is 7.39. The molecule has 0 radical (unpaired) electrons. The van der Waals surface area contributed by atoms with Crippen molar-refractivity contribution >= 4 is 5.97 Å². The average Bonchev–Trinajstić information content (AvgIpc) is 2.95. The molecular weight excluding hydrogens is 324 g/mol. The predicted molar refractivity (Wildman–Crippen MR) is 79.3 cm³/mol. The molecule has 0 heterocycles. The number of alkyl halides is 3. The molecule has 0 amide bonds. The molecule has 1 aliphatic carbocycles. The summed E-state index contributed by atoms with van der Waals surface area (Å²) in [6.07, 6.45) is -3.44. The van der Waals surface area contributed by atoms with Crippen LogP contribution in [0.3, 0.4) is 0 Å². The summed E-state index contributed by atoms with van der Waals surface area (Å²) >= 11 is 0. The van der Waals surface area contributed by atoms with E-state index >= 15 is 0 Å².